The van der Waals surface area contributed by atoms with E-state index in [2.05, 4.69) is 41.1 Å². The molecule has 6 heterocycles. The molecule has 0 spiro atoms. The summed E-state index contributed by atoms with van der Waals surface area (Å²) in [6.07, 6.45) is 3.42. The average Bonchev–Trinajstić information content (AvgIpc) is 3.34. The third-order valence-electron chi connectivity index (χ3n) is 6.59. The smallest absolute Gasteiger partial charge is 0.243 e. The van der Waals surface area contributed by atoms with E-state index in [1.165, 1.54) is 0 Å². The summed E-state index contributed by atoms with van der Waals surface area (Å²) < 4.78 is 0. The lowest BCUT2D eigenvalue weighted by atomic mass is 10.0. The Bertz CT molecular complexity index is 1340. The zero-order valence-electron chi connectivity index (χ0n) is 18.5. The quantitative estimate of drug-likeness (QED) is 0.508. The maximum Gasteiger partial charge on any atom is 0.243 e. The predicted octanol–water partition coefficient (Wildman–Crippen LogP) is 2.93. The van der Waals surface area contributed by atoms with E-state index in [1.54, 1.807) is 12.5 Å². The number of pyridine rings is 2. The average molecular weight is 440 g/mol. The molecule has 33 heavy (non-hydrogen) atoms. The maximum absolute atomic E-state index is 12.9. The lowest BCUT2D eigenvalue weighted by Crippen LogP contribution is -2.64. The molecule has 0 radical (unpaired) electrons. The highest BCUT2D eigenvalue weighted by atomic mass is 16.2. The second-order valence-corrected chi connectivity index (χ2v) is 8.76. The first-order valence-electron chi connectivity index (χ1n) is 11.3. The van der Waals surface area contributed by atoms with Crippen LogP contribution in [0, 0.1) is 6.92 Å². The van der Waals surface area contributed by atoms with Crippen molar-refractivity contribution in [3.8, 4) is 22.6 Å². The lowest BCUT2D eigenvalue weighted by Gasteiger charge is -2.46. The number of hydrogen-bond donors (Lipinski definition) is 2. The van der Waals surface area contributed by atoms with Crippen LogP contribution >= 0.6 is 0 Å². The molecule has 4 aromatic rings. The standard InChI is InChI=1S/C25H25N7O/c1-16-3-2-4-21(29-16)24-23(27-15-28-24)17-5-6-20-18(11-17)12-19(13-26-20)30-25(33)22-14-31-7-9-32(22)10-8-31/h2-6,11-13,15,22H,7-10,14H2,1H3,(H,27,28)(H,30,33). The summed E-state index contributed by atoms with van der Waals surface area (Å²) in [6.45, 7) is 6.79. The van der Waals surface area contributed by atoms with Gasteiger partial charge in [-0.1, -0.05) is 12.1 Å². The number of benzene rings is 1. The highest BCUT2D eigenvalue weighted by Crippen LogP contribution is 2.30. The number of carbonyl (C=O) groups excluding carboxylic acids is 1. The van der Waals surface area contributed by atoms with Gasteiger partial charge in [0.15, 0.2) is 0 Å². The van der Waals surface area contributed by atoms with Gasteiger partial charge in [-0.2, -0.15) is 0 Å². The number of rotatable bonds is 4. The Balaban J connectivity index is 1.29. The number of aromatic nitrogens is 4. The Morgan fingerprint density at radius 1 is 1.09 bits per heavy atom. The molecular formula is C25H25N7O. The third kappa shape index (κ3) is 3.77. The minimum Gasteiger partial charge on any atom is -0.343 e. The van der Waals surface area contributed by atoms with Gasteiger partial charge >= 0.3 is 0 Å². The first-order chi connectivity index (χ1) is 16.1. The van der Waals surface area contributed by atoms with Gasteiger partial charge in [0, 0.05) is 49.4 Å². The molecule has 3 aliphatic heterocycles. The normalized spacial score (nSPS) is 21.9. The van der Waals surface area contributed by atoms with Gasteiger partial charge in [-0.15, -0.1) is 0 Å². The van der Waals surface area contributed by atoms with Gasteiger partial charge in [0.1, 0.15) is 6.04 Å². The van der Waals surface area contributed by atoms with Gasteiger partial charge < -0.3 is 10.3 Å². The van der Waals surface area contributed by atoms with Crippen molar-refractivity contribution in [2.75, 3.05) is 38.0 Å². The van der Waals surface area contributed by atoms with Gasteiger partial charge in [0.25, 0.3) is 0 Å². The third-order valence-corrected chi connectivity index (χ3v) is 6.59. The topological polar surface area (TPSA) is 90.0 Å². The lowest BCUT2D eigenvalue weighted by molar-refractivity contribution is -0.126. The number of fused-ring (bicyclic) bond motifs is 4. The number of nitrogens with one attached hydrogen (secondary N) is 2. The van der Waals surface area contributed by atoms with E-state index < -0.39 is 0 Å². The summed E-state index contributed by atoms with van der Waals surface area (Å²) in [5.74, 6) is 0.0387. The fourth-order valence-corrected chi connectivity index (χ4v) is 4.83. The van der Waals surface area contributed by atoms with Crippen molar-refractivity contribution in [2.24, 2.45) is 0 Å². The molecule has 8 heteroatoms. The van der Waals surface area contributed by atoms with Crippen molar-refractivity contribution >= 4 is 22.5 Å². The van der Waals surface area contributed by atoms with Crippen LogP contribution in [0.5, 0.6) is 0 Å². The summed E-state index contributed by atoms with van der Waals surface area (Å²) in [6, 6.07) is 13.9. The van der Waals surface area contributed by atoms with Crippen molar-refractivity contribution in [1.82, 2.24) is 29.7 Å². The van der Waals surface area contributed by atoms with Crippen molar-refractivity contribution in [3.63, 3.8) is 0 Å². The number of piperazine rings is 3. The van der Waals surface area contributed by atoms with E-state index >= 15 is 0 Å². The molecule has 8 nitrogen and oxygen atoms in total. The number of H-pyrrole nitrogens is 1. The van der Waals surface area contributed by atoms with E-state index in [1.807, 2.05) is 43.3 Å². The highest BCUT2D eigenvalue weighted by molar-refractivity contribution is 5.97. The fraction of sp³-hybridized carbons (Fsp3) is 0.280. The van der Waals surface area contributed by atoms with Crippen LogP contribution < -0.4 is 5.32 Å². The monoisotopic (exact) mass is 439 g/mol. The molecule has 3 fully saturated rings. The molecule has 0 aliphatic carbocycles. The van der Waals surface area contributed by atoms with Gasteiger partial charge in [0.2, 0.25) is 5.91 Å². The molecule has 166 valence electrons. The first kappa shape index (κ1) is 20.0. The van der Waals surface area contributed by atoms with E-state index in [0.717, 1.165) is 72.0 Å². The van der Waals surface area contributed by atoms with Crippen molar-refractivity contribution in [1.29, 1.82) is 0 Å². The molecule has 3 saturated heterocycles. The summed E-state index contributed by atoms with van der Waals surface area (Å²) in [7, 11) is 0. The molecule has 1 unspecified atom stereocenters. The number of nitrogens with zero attached hydrogens (tertiary/aromatic N) is 5. The van der Waals surface area contributed by atoms with Crippen molar-refractivity contribution in [2.45, 2.75) is 13.0 Å². The van der Waals surface area contributed by atoms with Crippen LogP contribution in [0.1, 0.15) is 5.69 Å². The van der Waals surface area contributed by atoms with Gasteiger partial charge in [0.05, 0.1) is 40.8 Å². The van der Waals surface area contributed by atoms with Crippen LogP contribution in [-0.2, 0) is 4.79 Å². The zero-order valence-corrected chi connectivity index (χ0v) is 18.5. The molecule has 7 rings (SSSR count). The van der Waals surface area contributed by atoms with E-state index in [0.29, 0.717) is 5.69 Å². The molecule has 1 amide bonds. The molecule has 2 N–H and O–H groups in total. The van der Waals surface area contributed by atoms with E-state index in [9.17, 15) is 4.79 Å². The summed E-state index contributed by atoms with van der Waals surface area (Å²) in [4.78, 5) is 34.6. The molecule has 3 aliphatic rings. The SMILES string of the molecule is Cc1cccc(-c2[nH]cnc2-c2ccc3ncc(NC(=O)C4CN5CCN4CC5)cc3c2)n1. The highest BCUT2D eigenvalue weighted by Gasteiger charge is 2.36. The van der Waals surface area contributed by atoms with Crippen LogP contribution in [0.25, 0.3) is 33.5 Å². The first-order valence-corrected chi connectivity index (χ1v) is 11.3. The van der Waals surface area contributed by atoms with Crippen LogP contribution in [-0.4, -0.2) is 74.4 Å². The Labute approximate surface area is 191 Å². The largest absolute Gasteiger partial charge is 0.343 e. The zero-order chi connectivity index (χ0) is 22.4. The number of carbonyl (C=O) groups is 1. The minimum absolute atomic E-state index is 0.0387. The Hall–Kier alpha value is -3.62. The van der Waals surface area contributed by atoms with Crippen LogP contribution in [0.4, 0.5) is 5.69 Å². The van der Waals surface area contributed by atoms with Crippen molar-refractivity contribution < 1.29 is 4.79 Å². The van der Waals surface area contributed by atoms with Crippen LogP contribution in [0.15, 0.2) is 55.0 Å². The van der Waals surface area contributed by atoms with Gasteiger partial charge in [-0.25, -0.2) is 4.98 Å². The second kappa shape index (κ2) is 8.06. The molecule has 2 bridgehead atoms. The van der Waals surface area contributed by atoms with Crippen LogP contribution in [0.2, 0.25) is 0 Å². The number of amides is 1. The molecule has 3 aromatic heterocycles. The summed E-state index contributed by atoms with van der Waals surface area (Å²) >= 11 is 0. The van der Waals surface area contributed by atoms with Gasteiger partial charge in [-0.05, 0) is 37.3 Å². The Kier molecular flexibility index (Phi) is 4.89. The number of aryl methyl sites for hydroxylation is 1. The summed E-state index contributed by atoms with van der Waals surface area (Å²) in [5, 5.41) is 4.03. The van der Waals surface area contributed by atoms with E-state index in [4.69, 9.17) is 0 Å². The fourth-order valence-electron chi connectivity index (χ4n) is 4.83. The Morgan fingerprint density at radius 2 is 1.97 bits per heavy atom. The van der Waals surface area contributed by atoms with Gasteiger partial charge in [-0.3, -0.25) is 24.6 Å². The second-order valence-electron chi connectivity index (χ2n) is 8.76. The molecule has 1 aromatic carbocycles. The van der Waals surface area contributed by atoms with Crippen LogP contribution in [0.3, 0.4) is 0 Å². The minimum atomic E-state index is -0.0945. The molecule has 0 saturated carbocycles. The number of hydrogen-bond acceptors (Lipinski definition) is 6. The van der Waals surface area contributed by atoms with Crippen molar-refractivity contribution in [3.05, 3.63) is 60.7 Å². The molecular weight excluding hydrogens is 414 g/mol. The predicted molar refractivity (Wildman–Crippen MR) is 128 cm³/mol. The summed E-state index contributed by atoms with van der Waals surface area (Å²) in [5.41, 5.74) is 6.08. The van der Waals surface area contributed by atoms with E-state index in [-0.39, 0.29) is 11.9 Å². The number of aromatic amines is 1. The number of imidazole rings is 1. The maximum atomic E-state index is 12.9. The Morgan fingerprint density at radius 3 is 2.76 bits per heavy atom. The number of anilines is 1. The molecule has 1 atom stereocenters.